The molecule has 3 heteroatoms. The van der Waals surface area contributed by atoms with Crippen molar-refractivity contribution in [3.63, 3.8) is 0 Å². The molecule has 0 saturated carbocycles. The molecule has 0 fully saturated rings. The van der Waals surface area contributed by atoms with Gasteiger partial charge < -0.3 is 10.1 Å². The molecule has 0 amide bonds. The Hall–Kier alpha value is -1.35. The summed E-state index contributed by atoms with van der Waals surface area (Å²) in [5, 5.41) is 2.93. The number of ether oxygens (including phenoxy) is 1. The van der Waals surface area contributed by atoms with Crippen molar-refractivity contribution in [3.8, 4) is 0 Å². The lowest BCUT2D eigenvalue weighted by atomic mass is 9.87. The zero-order valence-corrected chi connectivity index (χ0v) is 11.0. The molecule has 1 rings (SSSR count). The zero-order chi connectivity index (χ0) is 12.9. The lowest BCUT2D eigenvalue weighted by Gasteiger charge is -2.18. The molecule has 0 atom stereocenters. The fraction of sp³-hybridized carbons (Fsp3) is 0.500. The summed E-state index contributed by atoms with van der Waals surface area (Å²) < 4.78 is 5.09. The summed E-state index contributed by atoms with van der Waals surface area (Å²) in [5.41, 5.74) is 1.92. The van der Waals surface area contributed by atoms with E-state index in [1.807, 2.05) is 31.3 Å². The number of nitrogens with one attached hydrogen (secondary N) is 1. The fourth-order valence-corrected chi connectivity index (χ4v) is 1.44. The van der Waals surface area contributed by atoms with E-state index in [4.69, 9.17) is 4.74 Å². The number of rotatable bonds is 4. The van der Waals surface area contributed by atoms with Crippen LogP contribution in [0.25, 0.3) is 0 Å². The molecule has 0 aromatic heterocycles. The Balaban J connectivity index is 2.64. The molecule has 0 aliphatic rings. The average molecular weight is 235 g/mol. The Morgan fingerprint density at radius 3 is 2.29 bits per heavy atom. The first kappa shape index (κ1) is 13.7. The minimum atomic E-state index is -0.263. The van der Waals surface area contributed by atoms with E-state index in [0.717, 1.165) is 0 Å². The maximum Gasteiger partial charge on any atom is 0.338 e. The smallest absolute Gasteiger partial charge is 0.338 e. The van der Waals surface area contributed by atoms with Gasteiger partial charge in [0.2, 0.25) is 0 Å². The van der Waals surface area contributed by atoms with Crippen molar-refractivity contribution in [1.82, 2.24) is 5.32 Å². The monoisotopic (exact) mass is 235 g/mol. The van der Waals surface area contributed by atoms with Gasteiger partial charge in [-0.3, -0.25) is 0 Å². The summed E-state index contributed by atoms with van der Waals surface area (Å²) in [6.07, 6.45) is 0. The topological polar surface area (TPSA) is 38.3 Å². The van der Waals surface area contributed by atoms with Gasteiger partial charge in [0.05, 0.1) is 5.56 Å². The number of benzene rings is 1. The number of likely N-dealkylation sites (N-methyl/N-ethyl adjacent to an activating group) is 1. The minimum absolute atomic E-state index is 0.106. The first-order valence-corrected chi connectivity index (χ1v) is 5.87. The highest BCUT2D eigenvalue weighted by atomic mass is 16.5. The van der Waals surface area contributed by atoms with Gasteiger partial charge in [-0.05, 0) is 30.2 Å². The molecule has 1 aromatic rings. The number of carbonyl (C=O) groups is 1. The highest BCUT2D eigenvalue weighted by molar-refractivity contribution is 5.89. The number of carbonyl (C=O) groups excluding carboxylic acids is 1. The third-order valence-electron chi connectivity index (χ3n) is 2.57. The van der Waals surface area contributed by atoms with Crippen molar-refractivity contribution in [2.75, 3.05) is 20.2 Å². The molecular weight excluding hydrogens is 214 g/mol. The van der Waals surface area contributed by atoms with E-state index in [0.29, 0.717) is 18.7 Å². The highest BCUT2D eigenvalue weighted by Gasteiger charge is 2.14. The molecule has 3 nitrogen and oxygen atoms in total. The molecule has 0 saturated heterocycles. The Morgan fingerprint density at radius 2 is 1.82 bits per heavy atom. The maximum atomic E-state index is 11.6. The zero-order valence-electron chi connectivity index (χ0n) is 11.0. The molecule has 1 aromatic carbocycles. The van der Waals surface area contributed by atoms with Crippen LogP contribution < -0.4 is 5.32 Å². The molecule has 17 heavy (non-hydrogen) atoms. The van der Waals surface area contributed by atoms with Gasteiger partial charge in [-0.2, -0.15) is 0 Å². The van der Waals surface area contributed by atoms with Gasteiger partial charge in [-0.25, -0.2) is 4.79 Å². The van der Waals surface area contributed by atoms with Crippen LogP contribution in [0.3, 0.4) is 0 Å². The van der Waals surface area contributed by atoms with E-state index in [9.17, 15) is 4.79 Å². The van der Waals surface area contributed by atoms with E-state index >= 15 is 0 Å². The average Bonchev–Trinajstić information content (AvgIpc) is 2.28. The van der Waals surface area contributed by atoms with Crippen LogP contribution in [0.1, 0.15) is 36.7 Å². The maximum absolute atomic E-state index is 11.6. The first-order chi connectivity index (χ1) is 7.95. The van der Waals surface area contributed by atoms with E-state index < -0.39 is 0 Å². The Labute approximate surface area is 103 Å². The van der Waals surface area contributed by atoms with Crippen LogP contribution in [0.4, 0.5) is 0 Å². The van der Waals surface area contributed by atoms with Crippen LogP contribution in [0.15, 0.2) is 24.3 Å². The summed E-state index contributed by atoms with van der Waals surface area (Å²) in [4.78, 5) is 11.6. The second kappa shape index (κ2) is 5.82. The molecule has 0 unspecified atom stereocenters. The standard InChI is InChI=1S/C14H21NO2/c1-14(2,3)12-7-5-11(6-8-12)13(16)17-10-9-15-4/h5-8,15H,9-10H2,1-4H3. The van der Waals surface area contributed by atoms with Crippen LogP contribution in [0.2, 0.25) is 0 Å². The van der Waals surface area contributed by atoms with Crippen LogP contribution in [-0.2, 0) is 10.2 Å². The van der Waals surface area contributed by atoms with Crippen LogP contribution in [0, 0.1) is 0 Å². The molecular formula is C14H21NO2. The molecule has 0 spiro atoms. The van der Waals surface area contributed by atoms with Gasteiger partial charge in [0.15, 0.2) is 0 Å². The molecule has 0 radical (unpaired) electrons. The third-order valence-corrected chi connectivity index (χ3v) is 2.57. The van der Waals surface area contributed by atoms with E-state index in [1.165, 1.54) is 5.56 Å². The fourth-order valence-electron chi connectivity index (χ4n) is 1.44. The van der Waals surface area contributed by atoms with E-state index in [-0.39, 0.29) is 11.4 Å². The lowest BCUT2D eigenvalue weighted by molar-refractivity contribution is 0.0510. The third kappa shape index (κ3) is 4.19. The minimum Gasteiger partial charge on any atom is -0.461 e. The normalized spacial score (nSPS) is 11.3. The predicted molar refractivity (Wildman–Crippen MR) is 69.4 cm³/mol. The molecule has 94 valence electrons. The second-order valence-corrected chi connectivity index (χ2v) is 5.07. The van der Waals surface area contributed by atoms with Gasteiger partial charge in [0, 0.05) is 6.54 Å². The van der Waals surface area contributed by atoms with E-state index in [1.54, 1.807) is 0 Å². The van der Waals surface area contributed by atoms with Crippen LogP contribution in [0.5, 0.6) is 0 Å². The van der Waals surface area contributed by atoms with Crippen LogP contribution >= 0.6 is 0 Å². The molecule has 1 N–H and O–H groups in total. The van der Waals surface area contributed by atoms with Gasteiger partial charge in [0.25, 0.3) is 0 Å². The SMILES string of the molecule is CNCCOC(=O)c1ccc(C(C)(C)C)cc1. The molecule has 0 aliphatic heterocycles. The van der Waals surface area contributed by atoms with Gasteiger partial charge in [-0.15, -0.1) is 0 Å². The van der Waals surface area contributed by atoms with Crippen molar-refractivity contribution in [2.24, 2.45) is 0 Å². The number of hydrogen-bond donors (Lipinski definition) is 1. The summed E-state index contributed by atoms with van der Waals surface area (Å²) in [7, 11) is 1.83. The summed E-state index contributed by atoms with van der Waals surface area (Å²) in [6.45, 7) is 7.51. The molecule has 0 heterocycles. The van der Waals surface area contributed by atoms with Crippen molar-refractivity contribution in [1.29, 1.82) is 0 Å². The second-order valence-electron chi connectivity index (χ2n) is 5.07. The quantitative estimate of drug-likeness (QED) is 0.643. The Bertz CT molecular complexity index is 363. The van der Waals surface area contributed by atoms with Gasteiger partial charge in [0.1, 0.15) is 6.61 Å². The Kier molecular flexibility index (Phi) is 4.70. The predicted octanol–water partition coefficient (Wildman–Crippen LogP) is 2.36. The van der Waals surface area contributed by atoms with E-state index in [2.05, 4.69) is 26.1 Å². The van der Waals surface area contributed by atoms with Gasteiger partial charge >= 0.3 is 5.97 Å². The lowest BCUT2D eigenvalue weighted by Crippen LogP contribution is -2.17. The van der Waals surface area contributed by atoms with Crippen molar-refractivity contribution in [2.45, 2.75) is 26.2 Å². The number of hydrogen-bond acceptors (Lipinski definition) is 3. The number of esters is 1. The van der Waals surface area contributed by atoms with Crippen LogP contribution in [-0.4, -0.2) is 26.2 Å². The molecule has 0 aliphatic carbocycles. The van der Waals surface area contributed by atoms with Crippen molar-refractivity contribution in [3.05, 3.63) is 35.4 Å². The molecule has 0 bridgehead atoms. The van der Waals surface area contributed by atoms with Crippen molar-refractivity contribution >= 4 is 5.97 Å². The highest BCUT2D eigenvalue weighted by Crippen LogP contribution is 2.22. The summed E-state index contributed by atoms with van der Waals surface area (Å²) in [6, 6.07) is 7.61. The largest absolute Gasteiger partial charge is 0.461 e. The summed E-state index contributed by atoms with van der Waals surface area (Å²) >= 11 is 0. The summed E-state index contributed by atoms with van der Waals surface area (Å²) in [5.74, 6) is -0.263. The van der Waals surface area contributed by atoms with Gasteiger partial charge in [-0.1, -0.05) is 32.9 Å². The van der Waals surface area contributed by atoms with Crippen molar-refractivity contribution < 1.29 is 9.53 Å². The first-order valence-electron chi connectivity index (χ1n) is 5.87. The Morgan fingerprint density at radius 1 is 1.24 bits per heavy atom.